The van der Waals surface area contributed by atoms with E-state index < -0.39 is 0 Å². The Hall–Kier alpha value is -3.48. The molecule has 0 fully saturated rings. The van der Waals surface area contributed by atoms with E-state index in [1.165, 1.54) is 5.56 Å². The average Bonchev–Trinajstić information content (AvgIpc) is 3.29. The molecule has 0 aliphatic rings. The van der Waals surface area contributed by atoms with Gasteiger partial charge in [-0.25, -0.2) is 9.67 Å². The molecule has 0 bridgehead atoms. The largest absolute Gasteiger partial charge is 0.336 e. The molecule has 4 rings (SSSR count). The summed E-state index contributed by atoms with van der Waals surface area (Å²) in [6.07, 6.45) is 1.74. The Morgan fingerprint density at radius 1 is 1.13 bits per heavy atom. The Morgan fingerprint density at radius 2 is 1.87 bits per heavy atom. The van der Waals surface area contributed by atoms with Crippen LogP contribution in [-0.2, 0) is 20.1 Å². The standard InChI is InChI=1S/C23H26N6O/c1-6-29-22-21(16(3)26-29)19(13-20(25-22)17-9-7-15(2)8-10-17)23(30)27(4)14-18-11-12-24-28(18)5/h7-13H,6,14H2,1-5H3. The molecule has 0 aliphatic heterocycles. The first-order chi connectivity index (χ1) is 14.4. The van der Waals surface area contributed by atoms with Crippen molar-refractivity contribution < 1.29 is 4.79 Å². The van der Waals surface area contributed by atoms with Crippen molar-refractivity contribution in [2.75, 3.05) is 7.05 Å². The summed E-state index contributed by atoms with van der Waals surface area (Å²) < 4.78 is 3.64. The summed E-state index contributed by atoms with van der Waals surface area (Å²) in [5, 5.41) is 9.63. The molecule has 1 aromatic carbocycles. The first-order valence-corrected chi connectivity index (χ1v) is 10.1. The number of aromatic nitrogens is 5. The van der Waals surface area contributed by atoms with Crippen LogP contribution in [0.5, 0.6) is 0 Å². The van der Waals surface area contributed by atoms with Crippen LogP contribution in [0.4, 0.5) is 0 Å². The predicted octanol–water partition coefficient (Wildman–Crippen LogP) is 3.74. The molecular formula is C23H26N6O. The van der Waals surface area contributed by atoms with Gasteiger partial charge in [-0.05, 0) is 32.9 Å². The smallest absolute Gasteiger partial charge is 0.254 e. The molecule has 30 heavy (non-hydrogen) atoms. The number of carbonyl (C=O) groups is 1. The molecule has 4 aromatic rings. The third kappa shape index (κ3) is 3.47. The number of carbonyl (C=O) groups excluding carboxylic acids is 1. The molecule has 3 heterocycles. The highest BCUT2D eigenvalue weighted by atomic mass is 16.2. The van der Waals surface area contributed by atoms with E-state index >= 15 is 0 Å². The Bertz CT molecular complexity index is 1220. The highest BCUT2D eigenvalue weighted by molar-refractivity contribution is 6.07. The van der Waals surface area contributed by atoms with Gasteiger partial charge in [0.15, 0.2) is 5.65 Å². The van der Waals surface area contributed by atoms with Crippen LogP contribution in [0, 0.1) is 13.8 Å². The maximum Gasteiger partial charge on any atom is 0.254 e. The summed E-state index contributed by atoms with van der Waals surface area (Å²) in [4.78, 5) is 20.1. The van der Waals surface area contributed by atoms with Crippen molar-refractivity contribution in [3.8, 4) is 11.3 Å². The Labute approximate surface area is 176 Å². The molecule has 7 nitrogen and oxygen atoms in total. The molecule has 0 spiro atoms. The zero-order valence-electron chi connectivity index (χ0n) is 18.0. The van der Waals surface area contributed by atoms with Gasteiger partial charge in [0, 0.05) is 32.4 Å². The summed E-state index contributed by atoms with van der Waals surface area (Å²) in [7, 11) is 3.69. The van der Waals surface area contributed by atoms with Crippen LogP contribution in [0.3, 0.4) is 0 Å². The molecule has 0 unspecified atom stereocenters. The van der Waals surface area contributed by atoms with Crippen molar-refractivity contribution in [2.24, 2.45) is 7.05 Å². The number of nitrogens with zero attached hydrogens (tertiary/aromatic N) is 6. The number of hydrogen-bond acceptors (Lipinski definition) is 4. The lowest BCUT2D eigenvalue weighted by atomic mass is 10.0. The summed E-state index contributed by atoms with van der Waals surface area (Å²) in [5.74, 6) is -0.0595. The van der Waals surface area contributed by atoms with Gasteiger partial charge in [-0.1, -0.05) is 29.8 Å². The van der Waals surface area contributed by atoms with E-state index in [4.69, 9.17) is 4.98 Å². The fraction of sp³-hybridized carbons (Fsp3) is 0.304. The zero-order valence-corrected chi connectivity index (χ0v) is 18.0. The molecule has 3 aromatic heterocycles. The van der Waals surface area contributed by atoms with Gasteiger partial charge in [0.1, 0.15) is 0 Å². The van der Waals surface area contributed by atoms with Gasteiger partial charge in [0.25, 0.3) is 5.91 Å². The average molecular weight is 403 g/mol. The van der Waals surface area contributed by atoms with E-state index in [9.17, 15) is 4.79 Å². The van der Waals surface area contributed by atoms with Crippen LogP contribution in [-0.4, -0.2) is 42.4 Å². The second-order valence-corrected chi connectivity index (χ2v) is 7.63. The van der Waals surface area contributed by atoms with E-state index in [1.807, 2.05) is 56.9 Å². The zero-order chi connectivity index (χ0) is 21.4. The fourth-order valence-electron chi connectivity index (χ4n) is 3.69. The highest BCUT2D eigenvalue weighted by Gasteiger charge is 2.22. The summed E-state index contributed by atoms with van der Waals surface area (Å²) in [6.45, 7) is 7.17. The van der Waals surface area contributed by atoms with Crippen molar-refractivity contribution >= 4 is 16.9 Å². The lowest BCUT2D eigenvalue weighted by Gasteiger charge is -2.18. The summed E-state index contributed by atoms with van der Waals surface area (Å²) in [5.41, 5.74) is 6.08. The number of amides is 1. The second-order valence-electron chi connectivity index (χ2n) is 7.63. The van der Waals surface area contributed by atoms with Gasteiger partial charge in [0.2, 0.25) is 0 Å². The van der Waals surface area contributed by atoms with E-state index in [2.05, 4.69) is 29.3 Å². The second kappa shape index (κ2) is 7.74. The van der Waals surface area contributed by atoms with Crippen molar-refractivity contribution in [1.82, 2.24) is 29.4 Å². The van der Waals surface area contributed by atoms with E-state index in [0.29, 0.717) is 18.7 Å². The first-order valence-electron chi connectivity index (χ1n) is 10.1. The van der Waals surface area contributed by atoms with E-state index in [-0.39, 0.29) is 5.91 Å². The molecule has 7 heteroatoms. The summed E-state index contributed by atoms with van der Waals surface area (Å²) >= 11 is 0. The highest BCUT2D eigenvalue weighted by Crippen LogP contribution is 2.28. The fourth-order valence-corrected chi connectivity index (χ4v) is 3.69. The minimum Gasteiger partial charge on any atom is -0.336 e. The maximum atomic E-state index is 13.5. The molecule has 0 N–H and O–H groups in total. The molecule has 0 aliphatic carbocycles. The number of rotatable bonds is 5. The minimum atomic E-state index is -0.0595. The van der Waals surface area contributed by atoms with Crippen molar-refractivity contribution in [1.29, 1.82) is 0 Å². The monoisotopic (exact) mass is 402 g/mol. The van der Waals surface area contributed by atoms with Crippen LogP contribution >= 0.6 is 0 Å². The van der Waals surface area contributed by atoms with Gasteiger partial charge in [-0.15, -0.1) is 0 Å². The molecular weight excluding hydrogens is 376 g/mol. The third-order valence-corrected chi connectivity index (χ3v) is 5.42. The van der Waals surface area contributed by atoms with E-state index in [1.54, 1.807) is 15.8 Å². The molecule has 0 atom stereocenters. The van der Waals surface area contributed by atoms with Gasteiger partial charge in [0.05, 0.1) is 34.6 Å². The van der Waals surface area contributed by atoms with Crippen molar-refractivity contribution in [3.05, 3.63) is 65.1 Å². The van der Waals surface area contributed by atoms with Gasteiger partial charge >= 0.3 is 0 Å². The maximum absolute atomic E-state index is 13.5. The molecule has 154 valence electrons. The predicted molar refractivity (Wildman–Crippen MR) is 117 cm³/mol. The van der Waals surface area contributed by atoms with Crippen molar-refractivity contribution in [3.63, 3.8) is 0 Å². The van der Waals surface area contributed by atoms with Crippen LogP contribution in [0.1, 0.15) is 34.2 Å². The Balaban J connectivity index is 1.84. The molecule has 1 amide bonds. The van der Waals surface area contributed by atoms with E-state index in [0.717, 1.165) is 33.7 Å². The number of hydrogen-bond donors (Lipinski definition) is 0. The van der Waals surface area contributed by atoms with Gasteiger partial charge in [-0.2, -0.15) is 10.2 Å². The van der Waals surface area contributed by atoms with Gasteiger partial charge < -0.3 is 4.90 Å². The van der Waals surface area contributed by atoms with Crippen LogP contribution < -0.4 is 0 Å². The normalized spacial score (nSPS) is 11.2. The lowest BCUT2D eigenvalue weighted by Crippen LogP contribution is -2.27. The Kier molecular flexibility index (Phi) is 5.11. The van der Waals surface area contributed by atoms with Crippen molar-refractivity contribution in [2.45, 2.75) is 33.9 Å². The number of aryl methyl sites for hydroxylation is 4. The number of pyridine rings is 1. The van der Waals surface area contributed by atoms with Crippen LogP contribution in [0.15, 0.2) is 42.6 Å². The van der Waals surface area contributed by atoms with Gasteiger partial charge in [-0.3, -0.25) is 9.48 Å². The lowest BCUT2D eigenvalue weighted by molar-refractivity contribution is 0.0784. The molecule has 0 saturated carbocycles. The third-order valence-electron chi connectivity index (χ3n) is 5.42. The first kappa shape index (κ1) is 19.8. The van der Waals surface area contributed by atoms with Crippen LogP contribution in [0.25, 0.3) is 22.3 Å². The minimum absolute atomic E-state index is 0.0595. The quantitative estimate of drug-likeness (QED) is 0.510. The number of benzene rings is 1. The number of fused-ring (bicyclic) bond motifs is 1. The summed E-state index contributed by atoms with van der Waals surface area (Å²) in [6, 6.07) is 12.0. The topological polar surface area (TPSA) is 68.8 Å². The van der Waals surface area contributed by atoms with Crippen LogP contribution in [0.2, 0.25) is 0 Å². The molecule has 0 saturated heterocycles. The molecule has 0 radical (unpaired) electrons. The Morgan fingerprint density at radius 3 is 2.50 bits per heavy atom. The SMILES string of the molecule is CCn1nc(C)c2c(C(=O)N(C)Cc3ccnn3C)cc(-c3ccc(C)cc3)nc21.